The Labute approximate surface area is 96.2 Å². The molecule has 0 aliphatic heterocycles. The van der Waals surface area contributed by atoms with Gasteiger partial charge in [-0.05, 0) is 0 Å². The van der Waals surface area contributed by atoms with E-state index in [2.05, 4.69) is 19.9 Å². The fourth-order valence-corrected chi connectivity index (χ4v) is 2.04. The number of allylic oxidation sites excluding steroid dienone is 1. The number of thioether (sulfide) groups is 1. The smallest absolute Gasteiger partial charge is 0.181 e. The maximum Gasteiger partial charge on any atom is 0.181 e. The van der Waals surface area contributed by atoms with Gasteiger partial charge < -0.3 is 4.98 Å². The summed E-state index contributed by atoms with van der Waals surface area (Å²) in [6, 6.07) is 0. The van der Waals surface area contributed by atoms with Crippen LogP contribution in [0.1, 0.15) is 0 Å². The molecule has 0 radical (unpaired) electrons. The number of hydrogen-bond donors (Lipinski definition) is 1. The van der Waals surface area contributed by atoms with Crippen molar-refractivity contribution >= 4 is 34.5 Å². The Morgan fingerprint density at radius 1 is 1.33 bits per heavy atom. The first kappa shape index (κ1) is 10.4. The van der Waals surface area contributed by atoms with E-state index in [-0.39, 0.29) is 0 Å². The zero-order chi connectivity index (χ0) is 10.5. The molecule has 6 heteroatoms. The maximum atomic E-state index is 5.52. The minimum absolute atomic E-state index is 0.545. The first-order chi connectivity index (χ1) is 7.42. The van der Waals surface area contributed by atoms with Crippen LogP contribution in [0.4, 0.5) is 0 Å². The normalized spacial score (nSPS) is 11.5. The zero-order valence-corrected chi connectivity index (χ0v) is 9.42. The molecule has 0 aliphatic carbocycles. The van der Waals surface area contributed by atoms with Crippen LogP contribution in [0.3, 0.4) is 0 Å². The van der Waals surface area contributed by atoms with E-state index in [4.69, 9.17) is 11.6 Å². The monoisotopic (exact) mass is 240 g/mol. The number of H-pyrrole nitrogens is 1. The van der Waals surface area contributed by atoms with E-state index in [1.54, 1.807) is 18.1 Å². The van der Waals surface area contributed by atoms with Gasteiger partial charge in [0.25, 0.3) is 0 Å². The van der Waals surface area contributed by atoms with Crippen molar-refractivity contribution in [1.82, 2.24) is 19.9 Å². The van der Waals surface area contributed by atoms with Crippen molar-refractivity contribution in [1.29, 1.82) is 0 Å². The first-order valence-electron chi connectivity index (χ1n) is 4.39. The van der Waals surface area contributed by atoms with Gasteiger partial charge in [0, 0.05) is 11.6 Å². The Morgan fingerprint density at radius 3 is 3.13 bits per heavy atom. The van der Waals surface area contributed by atoms with E-state index in [0.717, 1.165) is 16.3 Å². The molecule has 0 fully saturated rings. The maximum absolute atomic E-state index is 5.52. The van der Waals surface area contributed by atoms with Crippen molar-refractivity contribution in [3.05, 3.63) is 24.8 Å². The molecule has 0 atom stereocenters. The van der Waals surface area contributed by atoms with Crippen molar-refractivity contribution < 1.29 is 0 Å². The van der Waals surface area contributed by atoms with Crippen LogP contribution in [0.5, 0.6) is 0 Å². The Bertz CT molecular complexity index is 468. The minimum Gasteiger partial charge on any atom is -0.341 e. The number of alkyl halides is 1. The number of hydrogen-bond acceptors (Lipinski definition) is 4. The summed E-state index contributed by atoms with van der Waals surface area (Å²) in [6.07, 6.45) is 7.08. The summed E-state index contributed by atoms with van der Waals surface area (Å²) in [5.41, 5.74) is 1.59. The SMILES string of the molecule is ClCC=CCSc1ncnc2nc[nH]c12. The second kappa shape index (κ2) is 5.14. The summed E-state index contributed by atoms with van der Waals surface area (Å²) in [5, 5.41) is 0.914. The molecule has 0 amide bonds. The second-order valence-corrected chi connectivity index (χ2v) is 4.03. The molecule has 1 N–H and O–H groups in total. The molecule has 0 unspecified atom stereocenters. The van der Waals surface area contributed by atoms with Gasteiger partial charge in [0.05, 0.1) is 6.33 Å². The lowest BCUT2D eigenvalue weighted by molar-refractivity contribution is 1.09. The van der Waals surface area contributed by atoms with Gasteiger partial charge in [-0.3, -0.25) is 0 Å². The predicted octanol–water partition coefficient (Wildman–Crippen LogP) is 2.24. The number of imidazole rings is 1. The number of rotatable bonds is 4. The van der Waals surface area contributed by atoms with Crippen molar-refractivity contribution in [2.75, 3.05) is 11.6 Å². The largest absolute Gasteiger partial charge is 0.341 e. The Kier molecular flexibility index (Phi) is 3.58. The third-order valence-corrected chi connectivity index (χ3v) is 2.88. The average molecular weight is 241 g/mol. The lowest BCUT2D eigenvalue weighted by atomic mass is 10.6. The average Bonchev–Trinajstić information content (AvgIpc) is 2.73. The molecule has 0 bridgehead atoms. The van der Waals surface area contributed by atoms with Crippen LogP contribution in [0.2, 0.25) is 0 Å². The molecule has 0 saturated carbocycles. The zero-order valence-electron chi connectivity index (χ0n) is 7.85. The van der Waals surface area contributed by atoms with Gasteiger partial charge >= 0.3 is 0 Å². The molecule has 2 aromatic heterocycles. The predicted molar refractivity (Wildman–Crippen MR) is 62.3 cm³/mol. The number of nitrogens with one attached hydrogen (secondary N) is 1. The van der Waals surface area contributed by atoms with Crippen molar-refractivity contribution in [3.63, 3.8) is 0 Å². The van der Waals surface area contributed by atoms with Crippen LogP contribution >= 0.6 is 23.4 Å². The molecule has 78 valence electrons. The van der Waals surface area contributed by atoms with Gasteiger partial charge in [-0.1, -0.05) is 23.9 Å². The van der Waals surface area contributed by atoms with Gasteiger partial charge in [-0.15, -0.1) is 11.6 Å². The second-order valence-electron chi connectivity index (χ2n) is 2.72. The quantitative estimate of drug-likeness (QED) is 0.385. The van der Waals surface area contributed by atoms with Crippen LogP contribution in [-0.4, -0.2) is 31.6 Å². The summed E-state index contributed by atoms with van der Waals surface area (Å²) in [7, 11) is 0. The highest BCUT2D eigenvalue weighted by molar-refractivity contribution is 7.99. The molecular formula is C9H9ClN4S. The summed E-state index contributed by atoms with van der Waals surface area (Å²) in [5.74, 6) is 1.39. The molecule has 15 heavy (non-hydrogen) atoms. The molecule has 0 saturated heterocycles. The number of nitrogens with zero attached hydrogens (tertiary/aromatic N) is 3. The van der Waals surface area contributed by atoms with Gasteiger partial charge in [-0.2, -0.15) is 0 Å². The van der Waals surface area contributed by atoms with E-state index in [1.807, 2.05) is 12.2 Å². The van der Waals surface area contributed by atoms with E-state index < -0.39 is 0 Å². The topological polar surface area (TPSA) is 54.5 Å². The number of aromatic amines is 1. The van der Waals surface area contributed by atoms with Gasteiger partial charge in [0.1, 0.15) is 16.9 Å². The van der Waals surface area contributed by atoms with Gasteiger partial charge in [0.2, 0.25) is 0 Å². The standard InChI is InChI=1S/C9H9ClN4S/c10-3-1-2-4-15-9-7-8(12-5-11-7)13-6-14-9/h1-2,5-6H,3-4H2,(H,11,12,13,14). The highest BCUT2D eigenvalue weighted by atomic mass is 35.5. The molecule has 2 aromatic rings. The van der Waals surface area contributed by atoms with E-state index in [0.29, 0.717) is 11.5 Å². The summed E-state index contributed by atoms with van der Waals surface area (Å²) < 4.78 is 0. The summed E-state index contributed by atoms with van der Waals surface area (Å²) in [6.45, 7) is 0. The van der Waals surface area contributed by atoms with E-state index >= 15 is 0 Å². The van der Waals surface area contributed by atoms with E-state index in [9.17, 15) is 0 Å². The summed E-state index contributed by atoms with van der Waals surface area (Å²) in [4.78, 5) is 15.3. The molecule has 0 aliphatic rings. The highest BCUT2D eigenvalue weighted by Gasteiger charge is 2.04. The van der Waals surface area contributed by atoms with Crippen molar-refractivity contribution in [2.45, 2.75) is 5.03 Å². The number of aromatic nitrogens is 4. The fraction of sp³-hybridized carbons (Fsp3) is 0.222. The third-order valence-electron chi connectivity index (χ3n) is 1.76. The molecular weight excluding hydrogens is 232 g/mol. The third kappa shape index (κ3) is 2.49. The molecule has 4 nitrogen and oxygen atoms in total. The Balaban J connectivity index is 2.13. The molecule has 2 rings (SSSR count). The Hall–Kier alpha value is -1.07. The molecule has 2 heterocycles. The fourth-order valence-electron chi connectivity index (χ4n) is 1.11. The lowest BCUT2D eigenvalue weighted by Crippen LogP contribution is -1.86. The van der Waals surface area contributed by atoms with Crippen LogP contribution in [0, 0.1) is 0 Å². The van der Waals surface area contributed by atoms with Crippen molar-refractivity contribution in [2.24, 2.45) is 0 Å². The Morgan fingerprint density at radius 2 is 2.27 bits per heavy atom. The van der Waals surface area contributed by atoms with Crippen molar-refractivity contribution in [3.8, 4) is 0 Å². The highest BCUT2D eigenvalue weighted by Crippen LogP contribution is 2.21. The van der Waals surface area contributed by atoms with Crippen LogP contribution < -0.4 is 0 Å². The van der Waals surface area contributed by atoms with E-state index in [1.165, 1.54) is 6.33 Å². The molecule has 0 spiro atoms. The van der Waals surface area contributed by atoms with Crippen LogP contribution in [-0.2, 0) is 0 Å². The first-order valence-corrected chi connectivity index (χ1v) is 5.91. The van der Waals surface area contributed by atoms with Gasteiger partial charge in [-0.25, -0.2) is 15.0 Å². The van der Waals surface area contributed by atoms with Crippen LogP contribution in [0.15, 0.2) is 29.8 Å². The number of halogens is 1. The lowest BCUT2D eigenvalue weighted by Gasteiger charge is -1.97. The summed E-state index contributed by atoms with van der Waals surface area (Å²) >= 11 is 7.15. The minimum atomic E-state index is 0.545. The molecule has 0 aromatic carbocycles. The number of fused-ring (bicyclic) bond motifs is 1. The van der Waals surface area contributed by atoms with Crippen LogP contribution in [0.25, 0.3) is 11.2 Å². The van der Waals surface area contributed by atoms with Gasteiger partial charge in [0.15, 0.2) is 5.65 Å².